The van der Waals surface area contributed by atoms with Crippen molar-refractivity contribution in [1.82, 2.24) is 9.47 Å². The highest BCUT2D eigenvalue weighted by Crippen LogP contribution is 2.16. The number of aromatic nitrogens is 1. The van der Waals surface area contributed by atoms with E-state index in [1.54, 1.807) is 10.6 Å². The summed E-state index contributed by atoms with van der Waals surface area (Å²) in [4.78, 5) is 14.6. The van der Waals surface area contributed by atoms with Gasteiger partial charge in [0.25, 0.3) is 5.56 Å². The first-order valence-corrected chi connectivity index (χ1v) is 10.4. The minimum absolute atomic E-state index is 0.0150. The number of benzene rings is 1. The van der Waals surface area contributed by atoms with E-state index < -0.39 is 0 Å². The van der Waals surface area contributed by atoms with Crippen LogP contribution in [0.2, 0.25) is 0 Å². The van der Waals surface area contributed by atoms with Gasteiger partial charge in [0.05, 0.1) is 6.61 Å². The van der Waals surface area contributed by atoms with Crippen molar-refractivity contribution in [3.05, 3.63) is 58.5 Å². The third kappa shape index (κ3) is 6.24. The van der Waals surface area contributed by atoms with E-state index in [1.807, 2.05) is 43.5 Å². The summed E-state index contributed by atoms with van der Waals surface area (Å²) >= 11 is 0. The van der Waals surface area contributed by atoms with Gasteiger partial charge in [-0.1, -0.05) is 25.3 Å². The Morgan fingerprint density at radius 2 is 1.63 bits per heavy atom. The summed E-state index contributed by atoms with van der Waals surface area (Å²) in [6, 6.07) is 11.2. The molecular weight excluding hydrogens is 336 g/mol. The molecule has 1 aliphatic rings. The van der Waals surface area contributed by atoms with Gasteiger partial charge < -0.3 is 9.64 Å². The molecule has 1 saturated heterocycles. The lowest BCUT2D eigenvalue weighted by Gasteiger charge is -2.26. The van der Waals surface area contributed by atoms with Gasteiger partial charge in [0.2, 0.25) is 0 Å². The highest BCUT2D eigenvalue weighted by atomic mass is 16.5. The Morgan fingerprint density at radius 3 is 2.41 bits per heavy atom. The first-order chi connectivity index (χ1) is 13.2. The Hall–Kier alpha value is -2.07. The molecule has 1 fully saturated rings. The zero-order valence-electron chi connectivity index (χ0n) is 16.5. The second-order valence-corrected chi connectivity index (χ2v) is 7.57. The van der Waals surface area contributed by atoms with Gasteiger partial charge in [-0.3, -0.25) is 9.36 Å². The summed E-state index contributed by atoms with van der Waals surface area (Å²) in [5.41, 5.74) is 1.92. The van der Waals surface area contributed by atoms with Crippen LogP contribution >= 0.6 is 0 Å². The smallest absolute Gasteiger partial charge is 0.255 e. The average Bonchev–Trinajstić information content (AvgIpc) is 2.70. The second-order valence-electron chi connectivity index (χ2n) is 7.57. The van der Waals surface area contributed by atoms with Crippen molar-refractivity contribution in [2.45, 2.75) is 51.9 Å². The van der Waals surface area contributed by atoms with E-state index in [-0.39, 0.29) is 5.56 Å². The van der Waals surface area contributed by atoms with Crippen molar-refractivity contribution in [2.24, 2.45) is 0 Å². The Labute approximate surface area is 162 Å². The predicted octanol–water partition coefficient (Wildman–Crippen LogP) is 4.57. The Balaban J connectivity index is 1.34. The molecule has 0 atom stereocenters. The maximum absolute atomic E-state index is 12.0. The highest BCUT2D eigenvalue weighted by Gasteiger charge is 2.08. The number of unbranched alkanes of at least 4 members (excludes halogenated alkanes) is 3. The van der Waals surface area contributed by atoms with Gasteiger partial charge in [-0.25, -0.2) is 0 Å². The SMILES string of the molecule is Cc1ccc(=O)n(-c2ccc(OCCCCCCN3CCCCC3)cc2)c1. The number of piperidine rings is 1. The van der Waals surface area contributed by atoms with Crippen LogP contribution in [0.1, 0.15) is 50.5 Å². The third-order valence-corrected chi connectivity index (χ3v) is 5.26. The van der Waals surface area contributed by atoms with Crippen LogP contribution in [-0.2, 0) is 0 Å². The van der Waals surface area contributed by atoms with Crippen LogP contribution in [0.3, 0.4) is 0 Å². The lowest BCUT2D eigenvalue weighted by atomic mass is 10.1. The number of aryl methyl sites for hydroxylation is 1. The monoisotopic (exact) mass is 368 g/mol. The molecule has 1 aromatic carbocycles. The molecule has 4 nitrogen and oxygen atoms in total. The number of rotatable bonds is 9. The highest BCUT2D eigenvalue weighted by molar-refractivity contribution is 5.38. The van der Waals surface area contributed by atoms with E-state index in [2.05, 4.69) is 4.90 Å². The number of hydrogen-bond donors (Lipinski definition) is 0. The third-order valence-electron chi connectivity index (χ3n) is 5.26. The van der Waals surface area contributed by atoms with Crippen molar-refractivity contribution in [1.29, 1.82) is 0 Å². The van der Waals surface area contributed by atoms with E-state index in [0.29, 0.717) is 0 Å². The fraction of sp³-hybridized carbons (Fsp3) is 0.522. The van der Waals surface area contributed by atoms with Crippen LogP contribution < -0.4 is 10.3 Å². The quantitative estimate of drug-likeness (QED) is 0.608. The van der Waals surface area contributed by atoms with Gasteiger partial charge in [0.15, 0.2) is 0 Å². The molecule has 0 bridgehead atoms. The molecule has 0 N–H and O–H groups in total. The van der Waals surface area contributed by atoms with Gasteiger partial charge in [0, 0.05) is 18.0 Å². The maximum Gasteiger partial charge on any atom is 0.255 e. The molecule has 0 spiro atoms. The van der Waals surface area contributed by atoms with Crippen LogP contribution in [0.25, 0.3) is 5.69 Å². The van der Waals surface area contributed by atoms with Crippen LogP contribution in [0, 0.1) is 6.92 Å². The van der Waals surface area contributed by atoms with Gasteiger partial charge >= 0.3 is 0 Å². The molecule has 0 saturated carbocycles. The first-order valence-electron chi connectivity index (χ1n) is 10.4. The van der Waals surface area contributed by atoms with Crippen LogP contribution in [-0.4, -0.2) is 35.7 Å². The lowest BCUT2D eigenvalue weighted by molar-refractivity contribution is 0.223. The second kappa shape index (κ2) is 10.3. The summed E-state index contributed by atoms with van der Waals surface area (Å²) in [7, 11) is 0. The van der Waals surface area contributed by atoms with Gasteiger partial charge in [-0.15, -0.1) is 0 Å². The topological polar surface area (TPSA) is 34.5 Å². The Kier molecular flexibility index (Phi) is 7.52. The molecule has 27 heavy (non-hydrogen) atoms. The van der Waals surface area contributed by atoms with E-state index >= 15 is 0 Å². The van der Waals surface area contributed by atoms with Crippen molar-refractivity contribution in [3.63, 3.8) is 0 Å². The summed E-state index contributed by atoms with van der Waals surface area (Å²) in [6.45, 7) is 6.61. The summed E-state index contributed by atoms with van der Waals surface area (Å²) < 4.78 is 7.52. The standard InChI is InChI=1S/C23H32N2O2/c1-20-9-14-23(26)25(19-20)21-10-12-22(13-11-21)27-18-8-3-2-5-15-24-16-6-4-7-17-24/h9-14,19H,2-8,15-18H2,1H3. The van der Waals surface area contributed by atoms with Gasteiger partial charge in [0.1, 0.15) is 5.75 Å². The zero-order chi connectivity index (χ0) is 18.9. The number of likely N-dealkylation sites (tertiary alicyclic amines) is 1. The van der Waals surface area contributed by atoms with Crippen molar-refractivity contribution in [2.75, 3.05) is 26.2 Å². The number of nitrogens with zero attached hydrogens (tertiary/aromatic N) is 2. The molecule has 2 heterocycles. The fourth-order valence-electron chi connectivity index (χ4n) is 3.66. The van der Waals surface area contributed by atoms with Crippen LogP contribution in [0.15, 0.2) is 47.4 Å². The first kappa shape index (κ1) is 19.7. The van der Waals surface area contributed by atoms with Crippen molar-refractivity contribution >= 4 is 0 Å². The normalized spacial score (nSPS) is 15.0. The van der Waals surface area contributed by atoms with Crippen molar-refractivity contribution < 1.29 is 4.74 Å². The molecule has 1 aromatic heterocycles. The molecule has 146 valence electrons. The van der Waals surface area contributed by atoms with E-state index in [0.717, 1.165) is 30.0 Å². The molecule has 0 aliphatic carbocycles. The predicted molar refractivity (Wildman–Crippen MR) is 111 cm³/mol. The van der Waals surface area contributed by atoms with Gasteiger partial charge in [-0.2, -0.15) is 0 Å². The summed E-state index contributed by atoms with van der Waals surface area (Å²) in [6.07, 6.45) is 11.0. The summed E-state index contributed by atoms with van der Waals surface area (Å²) in [5.74, 6) is 0.868. The molecule has 0 radical (unpaired) electrons. The zero-order valence-corrected chi connectivity index (χ0v) is 16.5. The molecule has 3 rings (SSSR count). The Bertz CT molecular complexity index is 746. The maximum atomic E-state index is 12.0. The average molecular weight is 369 g/mol. The Morgan fingerprint density at radius 1 is 0.889 bits per heavy atom. The van der Waals surface area contributed by atoms with Crippen LogP contribution in [0.5, 0.6) is 5.75 Å². The fourth-order valence-corrected chi connectivity index (χ4v) is 3.66. The van der Waals surface area contributed by atoms with E-state index in [1.165, 1.54) is 58.2 Å². The number of hydrogen-bond acceptors (Lipinski definition) is 3. The molecule has 4 heteroatoms. The lowest BCUT2D eigenvalue weighted by Crippen LogP contribution is -2.30. The number of ether oxygens (including phenoxy) is 1. The van der Waals surface area contributed by atoms with Crippen LogP contribution in [0.4, 0.5) is 0 Å². The van der Waals surface area contributed by atoms with E-state index in [9.17, 15) is 4.79 Å². The van der Waals surface area contributed by atoms with Crippen molar-refractivity contribution in [3.8, 4) is 11.4 Å². The molecule has 0 amide bonds. The van der Waals surface area contributed by atoms with Gasteiger partial charge in [-0.05, 0) is 82.1 Å². The molecular formula is C23H32N2O2. The minimum Gasteiger partial charge on any atom is -0.494 e. The van der Waals surface area contributed by atoms with E-state index in [4.69, 9.17) is 4.74 Å². The largest absolute Gasteiger partial charge is 0.494 e. The molecule has 0 unspecified atom stereocenters. The summed E-state index contributed by atoms with van der Waals surface area (Å²) in [5, 5.41) is 0. The number of pyridine rings is 1. The molecule has 2 aromatic rings. The minimum atomic E-state index is -0.0150. The molecule has 1 aliphatic heterocycles.